The predicted molar refractivity (Wildman–Crippen MR) is 74.8 cm³/mol. The summed E-state index contributed by atoms with van der Waals surface area (Å²) in [6, 6.07) is 7.93. The molecule has 96 valence electrons. The average molecular weight is 264 g/mol. The Morgan fingerprint density at radius 1 is 1.39 bits per heavy atom. The molecular weight excluding hydrogens is 246 g/mol. The Kier molecular flexibility index (Phi) is 4.39. The van der Waals surface area contributed by atoms with Crippen molar-refractivity contribution in [3.8, 4) is 0 Å². The van der Waals surface area contributed by atoms with Gasteiger partial charge in [0.05, 0.1) is 6.20 Å². The number of benzene rings is 1. The van der Waals surface area contributed by atoms with Crippen LogP contribution in [0.5, 0.6) is 0 Å². The summed E-state index contributed by atoms with van der Waals surface area (Å²) in [4.78, 5) is 0. The first-order valence-corrected chi connectivity index (χ1v) is 6.50. The first kappa shape index (κ1) is 13.1. The Bertz CT molecular complexity index is 507. The quantitative estimate of drug-likeness (QED) is 0.902. The molecule has 1 atom stereocenters. The third-order valence-electron chi connectivity index (χ3n) is 3.17. The van der Waals surface area contributed by atoms with Crippen LogP contribution in [0.1, 0.15) is 23.5 Å². The molecule has 0 saturated carbocycles. The molecule has 1 aromatic carbocycles. The van der Waals surface area contributed by atoms with Crippen LogP contribution in [0.15, 0.2) is 36.7 Å². The van der Waals surface area contributed by atoms with Gasteiger partial charge in [-0.2, -0.15) is 5.10 Å². The first-order chi connectivity index (χ1) is 8.70. The summed E-state index contributed by atoms with van der Waals surface area (Å²) in [6.07, 6.45) is 5.91. The van der Waals surface area contributed by atoms with Crippen LogP contribution in [0.2, 0.25) is 5.02 Å². The molecule has 4 heteroatoms. The molecule has 3 nitrogen and oxygen atoms in total. The summed E-state index contributed by atoms with van der Waals surface area (Å²) in [5, 5.41) is 4.97. The van der Waals surface area contributed by atoms with E-state index in [1.54, 1.807) is 0 Å². The lowest BCUT2D eigenvalue weighted by Crippen LogP contribution is -2.13. The van der Waals surface area contributed by atoms with Gasteiger partial charge in [-0.25, -0.2) is 0 Å². The number of aromatic nitrogens is 2. The van der Waals surface area contributed by atoms with E-state index >= 15 is 0 Å². The molecule has 18 heavy (non-hydrogen) atoms. The zero-order valence-corrected chi connectivity index (χ0v) is 11.3. The number of aryl methyl sites for hydroxylation is 2. The molecule has 1 unspecified atom stereocenters. The monoisotopic (exact) mass is 263 g/mol. The van der Waals surface area contributed by atoms with Crippen molar-refractivity contribution in [2.45, 2.75) is 18.8 Å². The zero-order valence-electron chi connectivity index (χ0n) is 10.5. The summed E-state index contributed by atoms with van der Waals surface area (Å²) in [7, 11) is 1.93. The lowest BCUT2D eigenvalue weighted by atomic mass is 9.93. The highest BCUT2D eigenvalue weighted by Gasteiger charge is 2.13. The Labute approximate surface area is 113 Å². The third-order valence-corrected chi connectivity index (χ3v) is 3.51. The standard InChI is InChI=1S/C14H18ClN3/c1-18-10-11(9-17-18)6-7-12(8-16)13-4-2-3-5-14(13)15/h2-5,9-10,12H,6-8,16H2,1H3. The van der Waals surface area contributed by atoms with E-state index in [9.17, 15) is 0 Å². The molecule has 0 spiro atoms. The number of hydrogen-bond acceptors (Lipinski definition) is 2. The second-order valence-corrected chi connectivity index (χ2v) is 4.92. The van der Waals surface area contributed by atoms with Crippen molar-refractivity contribution in [2.75, 3.05) is 6.54 Å². The van der Waals surface area contributed by atoms with Crippen molar-refractivity contribution in [3.63, 3.8) is 0 Å². The summed E-state index contributed by atoms with van der Waals surface area (Å²) in [6.45, 7) is 0.615. The van der Waals surface area contributed by atoms with Gasteiger partial charge < -0.3 is 5.73 Å². The largest absolute Gasteiger partial charge is 0.330 e. The Hall–Kier alpha value is -1.32. The zero-order chi connectivity index (χ0) is 13.0. The fourth-order valence-electron chi connectivity index (χ4n) is 2.15. The van der Waals surface area contributed by atoms with E-state index in [0.29, 0.717) is 12.5 Å². The third kappa shape index (κ3) is 3.12. The fraction of sp³-hybridized carbons (Fsp3) is 0.357. The van der Waals surface area contributed by atoms with Gasteiger partial charge >= 0.3 is 0 Å². The van der Waals surface area contributed by atoms with E-state index in [1.807, 2.05) is 42.3 Å². The lowest BCUT2D eigenvalue weighted by molar-refractivity contribution is 0.633. The average Bonchev–Trinajstić information content (AvgIpc) is 2.78. The lowest BCUT2D eigenvalue weighted by Gasteiger charge is -2.16. The SMILES string of the molecule is Cn1cc(CCC(CN)c2ccccc2Cl)cn1. The number of halogens is 1. The smallest absolute Gasteiger partial charge is 0.0521 e. The van der Waals surface area contributed by atoms with E-state index in [4.69, 9.17) is 17.3 Å². The Morgan fingerprint density at radius 3 is 2.78 bits per heavy atom. The second-order valence-electron chi connectivity index (χ2n) is 4.52. The van der Waals surface area contributed by atoms with Crippen molar-refractivity contribution in [1.29, 1.82) is 0 Å². The van der Waals surface area contributed by atoms with Gasteiger partial charge in [-0.15, -0.1) is 0 Å². The molecule has 2 aromatic rings. The summed E-state index contributed by atoms with van der Waals surface area (Å²) >= 11 is 6.21. The first-order valence-electron chi connectivity index (χ1n) is 6.12. The summed E-state index contributed by atoms with van der Waals surface area (Å²) in [5.74, 6) is 0.305. The topological polar surface area (TPSA) is 43.8 Å². The molecule has 0 radical (unpaired) electrons. The molecule has 1 heterocycles. The number of hydrogen-bond donors (Lipinski definition) is 1. The van der Waals surface area contributed by atoms with Crippen LogP contribution in [-0.2, 0) is 13.5 Å². The van der Waals surface area contributed by atoms with Crippen LogP contribution in [-0.4, -0.2) is 16.3 Å². The minimum atomic E-state index is 0.305. The highest BCUT2D eigenvalue weighted by molar-refractivity contribution is 6.31. The van der Waals surface area contributed by atoms with Gasteiger partial charge in [0.1, 0.15) is 0 Å². The van der Waals surface area contributed by atoms with Crippen molar-refractivity contribution in [1.82, 2.24) is 9.78 Å². The molecular formula is C14H18ClN3. The van der Waals surface area contributed by atoms with Crippen LogP contribution in [0.4, 0.5) is 0 Å². The molecule has 1 aromatic heterocycles. The highest BCUT2D eigenvalue weighted by Crippen LogP contribution is 2.27. The van der Waals surface area contributed by atoms with Gasteiger partial charge in [-0.3, -0.25) is 4.68 Å². The van der Waals surface area contributed by atoms with Crippen LogP contribution in [0, 0.1) is 0 Å². The van der Waals surface area contributed by atoms with Crippen molar-refractivity contribution >= 4 is 11.6 Å². The normalized spacial score (nSPS) is 12.6. The number of nitrogens with two attached hydrogens (primary N) is 1. The Balaban J connectivity index is 2.04. The summed E-state index contributed by atoms with van der Waals surface area (Å²) < 4.78 is 1.82. The maximum absolute atomic E-state index is 6.21. The van der Waals surface area contributed by atoms with E-state index in [1.165, 1.54) is 5.56 Å². The van der Waals surface area contributed by atoms with E-state index < -0.39 is 0 Å². The molecule has 0 bridgehead atoms. The van der Waals surface area contributed by atoms with Gasteiger partial charge in [0, 0.05) is 18.3 Å². The summed E-state index contributed by atoms with van der Waals surface area (Å²) in [5.41, 5.74) is 8.25. The van der Waals surface area contributed by atoms with Crippen LogP contribution in [0.25, 0.3) is 0 Å². The van der Waals surface area contributed by atoms with Gasteiger partial charge in [-0.05, 0) is 42.5 Å². The Morgan fingerprint density at radius 2 is 2.17 bits per heavy atom. The van der Waals surface area contributed by atoms with E-state index in [2.05, 4.69) is 11.2 Å². The fourth-order valence-corrected chi connectivity index (χ4v) is 2.44. The molecule has 0 aliphatic carbocycles. The molecule has 0 aliphatic heterocycles. The van der Waals surface area contributed by atoms with E-state index in [-0.39, 0.29) is 0 Å². The van der Waals surface area contributed by atoms with Crippen LogP contribution >= 0.6 is 11.6 Å². The van der Waals surface area contributed by atoms with E-state index in [0.717, 1.165) is 23.4 Å². The van der Waals surface area contributed by atoms with Crippen LogP contribution in [0.3, 0.4) is 0 Å². The molecule has 0 fully saturated rings. The van der Waals surface area contributed by atoms with Gasteiger partial charge in [0.25, 0.3) is 0 Å². The van der Waals surface area contributed by atoms with Gasteiger partial charge in [0.15, 0.2) is 0 Å². The second kappa shape index (κ2) is 6.03. The molecule has 0 aliphatic rings. The predicted octanol–water partition coefficient (Wildman–Crippen LogP) is 2.75. The van der Waals surface area contributed by atoms with Crippen molar-refractivity contribution in [2.24, 2.45) is 12.8 Å². The van der Waals surface area contributed by atoms with Crippen LogP contribution < -0.4 is 5.73 Å². The van der Waals surface area contributed by atoms with Gasteiger partial charge in [-0.1, -0.05) is 29.8 Å². The maximum atomic E-state index is 6.21. The molecule has 0 saturated heterocycles. The minimum absolute atomic E-state index is 0.305. The number of rotatable bonds is 5. The van der Waals surface area contributed by atoms with Gasteiger partial charge in [0.2, 0.25) is 0 Å². The minimum Gasteiger partial charge on any atom is -0.330 e. The molecule has 2 N–H and O–H groups in total. The van der Waals surface area contributed by atoms with Crippen molar-refractivity contribution in [3.05, 3.63) is 52.8 Å². The number of nitrogens with zero attached hydrogens (tertiary/aromatic N) is 2. The highest BCUT2D eigenvalue weighted by atomic mass is 35.5. The van der Waals surface area contributed by atoms with Crippen molar-refractivity contribution < 1.29 is 0 Å². The maximum Gasteiger partial charge on any atom is 0.0521 e. The molecule has 0 amide bonds. The molecule has 2 rings (SSSR count).